The Morgan fingerprint density at radius 1 is 1.10 bits per heavy atom. The van der Waals surface area contributed by atoms with Crippen molar-refractivity contribution in [3.63, 3.8) is 0 Å². The van der Waals surface area contributed by atoms with Gasteiger partial charge in [0.05, 0.1) is 24.4 Å². The minimum atomic E-state index is -0.467. The maximum Gasteiger partial charge on any atom is 0.251 e. The van der Waals surface area contributed by atoms with Crippen LogP contribution in [0, 0.1) is 5.82 Å². The molecule has 150 valence electrons. The Morgan fingerprint density at radius 3 is 2.70 bits per heavy atom. The van der Waals surface area contributed by atoms with E-state index in [1.165, 1.54) is 0 Å². The quantitative estimate of drug-likeness (QED) is 0.562. The van der Waals surface area contributed by atoms with Crippen molar-refractivity contribution < 1.29 is 13.6 Å². The normalized spacial score (nSPS) is 16.2. The molecule has 0 bridgehead atoms. The molecule has 1 fully saturated rings. The summed E-state index contributed by atoms with van der Waals surface area (Å²) < 4.78 is 18.4. The van der Waals surface area contributed by atoms with Gasteiger partial charge in [0, 0.05) is 41.8 Å². The Labute approximate surface area is 171 Å². The van der Waals surface area contributed by atoms with Crippen molar-refractivity contribution in [1.29, 1.82) is 0 Å². The van der Waals surface area contributed by atoms with E-state index < -0.39 is 5.82 Å². The van der Waals surface area contributed by atoms with Crippen LogP contribution in [-0.4, -0.2) is 40.0 Å². The Balaban J connectivity index is 1.26. The fourth-order valence-electron chi connectivity index (χ4n) is 3.70. The molecule has 5 rings (SSSR count). The predicted molar refractivity (Wildman–Crippen MR) is 110 cm³/mol. The van der Waals surface area contributed by atoms with E-state index in [0.717, 1.165) is 41.0 Å². The van der Waals surface area contributed by atoms with Crippen molar-refractivity contribution in [2.24, 2.45) is 0 Å². The number of carbonyl (C=O) groups excluding carboxylic acids is 1. The first-order valence-electron chi connectivity index (χ1n) is 9.63. The number of anilines is 1. The first kappa shape index (κ1) is 18.2. The SMILES string of the molecule is O=C(N[C@H]1CCN(c2ncc(F)cn2)C1)c1ccc(-c2nccc3occc23)cc1. The maximum atomic E-state index is 13.0. The molecule has 0 aliphatic carbocycles. The molecule has 4 heterocycles. The zero-order valence-corrected chi connectivity index (χ0v) is 16.0. The molecule has 0 saturated carbocycles. The Bertz CT molecular complexity index is 1190. The highest BCUT2D eigenvalue weighted by atomic mass is 19.1. The van der Waals surface area contributed by atoms with E-state index >= 15 is 0 Å². The molecular weight excluding hydrogens is 385 g/mol. The van der Waals surface area contributed by atoms with Gasteiger partial charge >= 0.3 is 0 Å². The van der Waals surface area contributed by atoms with E-state index in [-0.39, 0.29) is 11.9 Å². The zero-order chi connectivity index (χ0) is 20.5. The number of halogens is 1. The smallest absolute Gasteiger partial charge is 0.251 e. The van der Waals surface area contributed by atoms with Crippen LogP contribution in [0.2, 0.25) is 0 Å². The molecule has 1 N–H and O–H groups in total. The number of nitrogens with zero attached hydrogens (tertiary/aromatic N) is 4. The van der Waals surface area contributed by atoms with Gasteiger partial charge in [-0.05, 0) is 30.7 Å². The molecule has 0 spiro atoms. The Kier molecular flexibility index (Phi) is 4.59. The van der Waals surface area contributed by atoms with Gasteiger partial charge in [-0.25, -0.2) is 14.4 Å². The maximum absolute atomic E-state index is 13.0. The van der Waals surface area contributed by atoms with Crippen molar-refractivity contribution >= 4 is 22.8 Å². The molecule has 1 atom stereocenters. The summed E-state index contributed by atoms with van der Waals surface area (Å²) in [5.41, 5.74) is 3.09. The van der Waals surface area contributed by atoms with Gasteiger partial charge in [-0.15, -0.1) is 0 Å². The van der Waals surface area contributed by atoms with E-state index in [2.05, 4.69) is 20.3 Å². The zero-order valence-electron chi connectivity index (χ0n) is 16.0. The predicted octanol–water partition coefficient (Wildman–Crippen LogP) is 3.43. The highest BCUT2D eigenvalue weighted by Crippen LogP contribution is 2.27. The van der Waals surface area contributed by atoms with E-state index in [1.807, 2.05) is 29.2 Å². The lowest BCUT2D eigenvalue weighted by atomic mass is 10.1. The lowest BCUT2D eigenvalue weighted by Crippen LogP contribution is -2.37. The van der Waals surface area contributed by atoms with Crippen LogP contribution in [-0.2, 0) is 0 Å². The minimum Gasteiger partial charge on any atom is -0.464 e. The first-order chi connectivity index (χ1) is 14.7. The van der Waals surface area contributed by atoms with E-state index in [1.54, 1.807) is 24.6 Å². The minimum absolute atomic E-state index is 0.0211. The van der Waals surface area contributed by atoms with Gasteiger partial charge in [0.1, 0.15) is 5.58 Å². The standard InChI is InChI=1S/C22H18FN5O2/c23-16-11-25-22(26-12-16)28-9-6-17(13-28)27-21(29)15-3-1-14(2-4-15)20-18-7-10-30-19(18)5-8-24-20/h1-5,7-8,10-12,17H,6,9,13H2,(H,27,29)/t17-/m0/s1. The second-order valence-corrected chi connectivity index (χ2v) is 7.18. The number of rotatable bonds is 4. The number of hydrogen-bond donors (Lipinski definition) is 1. The third kappa shape index (κ3) is 3.47. The molecule has 1 aliphatic heterocycles. The highest BCUT2D eigenvalue weighted by Gasteiger charge is 2.26. The fraction of sp³-hybridized carbons (Fsp3) is 0.182. The van der Waals surface area contributed by atoms with Crippen molar-refractivity contribution in [2.75, 3.05) is 18.0 Å². The summed E-state index contributed by atoms with van der Waals surface area (Å²) >= 11 is 0. The summed E-state index contributed by atoms with van der Waals surface area (Å²) in [6.45, 7) is 1.29. The molecule has 7 nitrogen and oxygen atoms in total. The number of furan rings is 1. The summed E-state index contributed by atoms with van der Waals surface area (Å²) in [4.78, 5) is 27.1. The topological polar surface area (TPSA) is 84.2 Å². The van der Waals surface area contributed by atoms with Crippen molar-refractivity contribution in [3.8, 4) is 11.3 Å². The average Bonchev–Trinajstić information content (AvgIpc) is 3.44. The van der Waals surface area contributed by atoms with Crippen LogP contribution in [0.3, 0.4) is 0 Å². The highest BCUT2D eigenvalue weighted by molar-refractivity contribution is 5.96. The number of fused-ring (bicyclic) bond motifs is 1. The first-order valence-corrected chi connectivity index (χ1v) is 9.63. The number of carbonyl (C=O) groups is 1. The van der Waals surface area contributed by atoms with Crippen LogP contribution < -0.4 is 10.2 Å². The third-order valence-corrected chi connectivity index (χ3v) is 5.21. The van der Waals surface area contributed by atoms with Gasteiger partial charge in [-0.1, -0.05) is 12.1 Å². The summed E-state index contributed by atoms with van der Waals surface area (Å²) in [7, 11) is 0. The summed E-state index contributed by atoms with van der Waals surface area (Å²) in [6, 6.07) is 11.0. The van der Waals surface area contributed by atoms with Crippen LogP contribution in [0.15, 0.2) is 65.7 Å². The second kappa shape index (κ2) is 7.55. The Hall–Kier alpha value is -3.81. The number of benzene rings is 1. The summed E-state index contributed by atoms with van der Waals surface area (Å²) in [5.74, 6) is -0.133. The van der Waals surface area contributed by atoms with Gasteiger partial charge in [0.2, 0.25) is 5.95 Å². The van der Waals surface area contributed by atoms with Crippen molar-refractivity contribution in [2.45, 2.75) is 12.5 Å². The lowest BCUT2D eigenvalue weighted by Gasteiger charge is -2.16. The summed E-state index contributed by atoms with van der Waals surface area (Å²) in [5, 5.41) is 3.98. The van der Waals surface area contributed by atoms with Gasteiger partial charge in [0.15, 0.2) is 5.82 Å². The lowest BCUT2D eigenvalue weighted by molar-refractivity contribution is 0.0940. The monoisotopic (exact) mass is 403 g/mol. The van der Waals surface area contributed by atoms with Gasteiger partial charge in [0.25, 0.3) is 5.91 Å². The average molecular weight is 403 g/mol. The molecule has 0 unspecified atom stereocenters. The van der Waals surface area contributed by atoms with Crippen LogP contribution in [0.1, 0.15) is 16.8 Å². The van der Waals surface area contributed by atoms with Crippen molar-refractivity contribution in [3.05, 3.63) is 72.6 Å². The fourth-order valence-corrected chi connectivity index (χ4v) is 3.70. The molecule has 0 radical (unpaired) electrons. The van der Waals surface area contributed by atoms with E-state index in [0.29, 0.717) is 24.6 Å². The van der Waals surface area contributed by atoms with Gasteiger partial charge in [-0.2, -0.15) is 0 Å². The molecule has 1 aliphatic rings. The van der Waals surface area contributed by atoms with Crippen LogP contribution in [0.4, 0.5) is 10.3 Å². The Morgan fingerprint density at radius 2 is 1.90 bits per heavy atom. The number of hydrogen-bond acceptors (Lipinski definition) is 6. The van der Waals surface area contributed by atoms with Gasteiger partial charge in [-0.3, -0.25) is 9.78 Å². The molecule has 30 heavy (non-hydrogen) atoms. The van der Waals surface area contributed by atoms with Crippen LogP contribution in [0.25, 0.3) is 22.2 Å². The molecule has 1 saturated heterocycles. The molecule has 1 aromatic carbocycles. The van der Waals surface area contributed by atoms with E-state index in [4.69, 9.17) is 4.42 Å². The third-order valence-electron chi connectivity index (χ3n) is 5.21. The van der Waals surface area contributed by atoms with Gasteiger partial charge < -0.3 is 14.6 Å². The molecule has 3 aromatic heterocycles. The van der Waals surface area contributed by atoms with Crippen LogP contribution in [0.5, 0.6) is 0 Å². The molecule has 8 heteroatoms. The van der Waals surface area contributed by atoms with E-state index in [9.17, 15) is 9.18 Å². The van der Waals surface area contributed by atoms with Crippen LogP contribution >= 0.6 is 0 Å². The molecule has 4 aromatic rings. The number of pyridine rings is 1. The number of nitrogens with one attached hydrogen (secondary N) is 1. The molecule has 1 amide bonds. The number of aromatic nitrogens is 3. The van der Waals surface area contributed by atoms with Crippen molar-refractivity contribution in [1.82, 2.24) is 20.3 Å². The molecular formula is C22H18FN5O2. The summed E-state index contributed by atoms with van der Waals surface area (Å²) in [6.07, 6.45) is 6.42. The number of amides is 1. The second-order valence-electron chi connectivity index (χ2n) is 7.18. The largest absolute Gasteiger partial charge is 0.464 e.